The molecule has 0 unspecified atom stereocenters. The monoisotopic (exact) mass is 323 g/mol. The zero-order valence-corrected chi connectivity index (χ0v) is 13.3. The Kier molecular flexibility index (Phi) is 2.76. The molecular weight excluding hydrogens is 306 g/mol. The van der Waals surface area contributed by atoms with Gasteiger partial charge >= 0.3 is 0 Å². The number of pyridine rings is 1. The lowest BCUT2D eigenvalue weighted by atomic mass is 9.83. The van der Waals surface area contributed by atoms with E-state index in [9.17, 15) is 4.79 Å². The van der Waals surface area contributed by atoms with E-state index in [2.05, 4.69) is 31.2 Å². The smallest absolute Gasteiger partial charge is 0.250 e. The average Bonchev–Trinajstić information content (AvgIpc) is 2.97. The van der Waals surface area contributed by atoms with Crippen molar-refractivity contribution in [3.8, 4) is 0 Å². The molecule has 0 aromatic carbocycles. The van der Waals surface area contributed by atoms with Gasteiger partial charge in [0.2, 0.25) is 0 Å². The first-order chi connectivity index (χ1) is 11.7. The number of hydrogen-bond donors (Lipinski definition) is 0. The van der Waals surface area contributed by atoms with Gasteiger partial charge in [-0.05, 0) is 18.4 Å². The third kappa shape index (κ3) is 1.88. The van der Waals surface area contributed by atoms with Crippen LogP contribution >= 0.6 is 0 Å². The minimum Gasteiger partial charge on any atom is -0.354 e. The van der Waals surface area contributed by atoms with Gasteiger partial charge in [-0.15, -0.1) is 5.10 Å². The van der Waals surface area contributed by atoms with Crippen LogP contribution in [0.1, 0.15) is 18.0 Å². The van der Waals surface area contributed by atoms with Crippen molar-refractivity contribution in [1.29, 1.82) is 0 Å². The van der Waals surface area contributed by atoms with Gasteiger partial charge in [-0.1, -0.05) is 11.3 Å². The number of aryl methyl sites for hydroxylation is 1. The Labute approximate surface area is 137 Å². The lowest BCUT2D eigenvalue weighted by Crippen LogP contribution is -2.47. The quantitative estimate of drug-likeness (QED) is 0.650. The minimum absolute atomic E-state index is 0.106. The molecule has 24 heavy (non-hydrogen) atoms. The molecule has 1 saturated heterocycles. The second-order valence-corrected chi connectivity index (χ2v) is 6.69. The number of hydrogen-bond acceptors (Lipinski definition) is 6. The zero-order valence-electron chi connectivity index (χ0n) is 13.3. The van der Waals surface area contributed by atoms with Gasteiger partial charge in [0.05, 0.1) is 0 Å². The highest BCUT2D eigenvalue weighted by molar-refractivity contribution is 5.82. The highest BCUT2D eigenvalue weighted by atomic mass is 16.1. The Morgan fingerprint density at radius 2 is 2.08 bits per heavy atom. The van der Waals surface area contributed by atoms with Gasteiger partial charge < -0.3 is 9.47 Å². The number of nitrogens with zero attached hydrogens (tertiary/aromatic N) is 7. The third-order valence-electron chi connectivity index (χ3n) is 5.15. The van der Waals surface area contributed by atoms with Gasteiger partial charge in [0.25, 0.3) is 5.56 Å². The van der Waals surface area contributed by atoms with E-state index in [0.717, 1.165) is 48.7 Å². The Balaban J connectivity index is 1.57. The van der Waals surface area contributed by atoms with Crippen LogP contribution < -0.4 is 10.5 Å². The maximum Gasteiger partial charge on any atom is 0.250 e. The molecule has 0 N–H and O–H groups in total. The van der Waals surface area contributed by atoms with Crippen molar-refractivity contribution in [2.24, 2.45) is 13.0 Å². The molecule has 0 aliphatic carbocycles. The molecule has 3 aromatic heterocycles. The summed E-state index contributed by atoms with van der Waals surface area (Å²) in [4.78, 5) is 23.2. The molecule has 122 valence electrons. The number of fused-ring (bicyclic) bond motifs is 5. The summed E-state index contributed by atoms with van der Waals surface area (Å²) in [6.07, 6.45) is 2.69. The molecule has 5 heterocycles. The fraction of sp³-hybridized carbons (Fsp3) is 0.438. The first-order valence-corrected chi connectivity index (χ1v) is 8.16. The van der Waals surface area contributed by atoms with Crippen LogP contribution in [0, 0.1) is 5.92 Å². The Bertz CT molecular complexity index is 991. The molecule has 2 aliphatic rings. The van der Waals surface area contributed by atoms with Crippen LogP contribution in [0.2, 0.25) is 0 Å². The van der Waals surface area contributed by atoms with Crippen molar-refractivity contribution in [2.45, 2.75) is 18.9 Å². The summed E-state index contributed by atoms with van der Waals surface area (Å²) < 4.78 is 3.61. The molecule has 2 atom stereocenters. The second-order valence-electron chi connectivity index (χ2n) is 6.69. The zero-order chi connectivity index (χ0) is 16.3. The Morgan fingerprint density at radius 1 is 1.17 bits per heavy atom. The largest absolute Gasteiger partial charge is 0.354 e. The first kappa shape index (κ1) is 13.6. The van der Waals surface area contributed by atoms with E-state index in [1.54, 1.807) is 17.1 Å². The van der Waals surface area contributed by atoms with Crippen LogP contribution in [-0.2, 0) is 13.6 Å². The van der Waals surface area contributed by atoms with E-state index >= 15 is 0 Å². The predicted octanol–water partition coefficient (Wildman–Crippen LogP) is 0.544. The van der Waals surface area contributed by atoms with Crippen LogP contribution in [0.15, 0.2) is 29.3 Å². The van der Waals surface area contributed by atoms with Gasteiger partial charge in [0.1, 0.15) is 6.33 Å². The molecule has 8 heteroatoms. The molecule has 0 saturated carbocycles. The molecule has 3 aromatic rings. The first-order valence-electron chi connectivity index (χ1n) is 8.16. The number of anilines is 1. The fourth-order valence-electron chi connectivity index (χ4n) is 4.14. The summed E-state index contributed by atoms with van der Waals surface area (Å²) in [5, 5.41) is 8.30. The van der Waals surface area contributed by atoms with Crippen LogP contribution in [0.4, 0.5) is 5.82 Å². The van der Waals surface area contributed by atoms with Crippen LogP contribution in [0.5, 0.6) is 0 Å². The lowest BCUT2D eigenvalue weighted by molar-refractivity contribution is 0.281. The summed E-state index contributed by atoms with van der Waals surface area (Å²) in [6, 6.07) is 5.58. The van der Waals surface area contributed by atoms with E-state index in [1.165, 1.54) is 0 Å². The highest BCUT2D eigenvalue weighted by Gasteiger charge is 2.35. The number of rotatable bonds is 1. The standard InChI is InChI=1S/C16H17N7O/c1-21-15-14(19-20-21)16(18-9-17-15)22-6-10-5-11(8-22)12-3-2-4-13(24)23(12)7-10/h2-4,9-11H,5-8H2,1H3/t10-,11+/m1/s1. The van der Waals surface area contributed by atoms with E-state index in [0.29, 0.717) is 11.8 Å². The fourth-order valence-corrected chi connectivity index (χ4v) is 4.14. The van der Waals surface area contributed by atoms with Crippen molar-refractivity contribution >= 4 is 17.0 Å². The maximum atomic E-state index is 12.1. The van der Waals surface area contributed by atoms with Crippen LogP contribution in [0.3, 0.4) is 0 Å². The van der Waals surface area contributed by atoms with E-state index < -0.39 is 0 Å². The number of aromatic nitrogens is 6. The molecule has 0 spiro atoms. The average molecular weight is 323 g/mol. The van der Waals surface area contributed by atoms with E-state index in [4.69, 9.17) is 0 Å². The molecule has 0 amide bonds. The lowest BCUT2D eigenvalue weighted by Gasteiger charge is -2.43. The molecule has 2 aliphatic heterocycles. The molecule has 5 rings (SSSR count). The van der Waals surface area contributed by atoms with Gasteiger partial charge in [-0.25, -0.2) is 14.6 Å². The van der Waals surface area contributed by atoms with Crippen molar-refractivity contribution < 1.29 is 0 Å². The van der Waals surface area contributed by atoms with Gasteiger partial charge in [0.15, 0.2) is 17.0 Å². The summed E-state index contributed by atoms with van der Waals surface area (Å²) in [7, 11) is 1.83. The number of piperidine rings is 1. The predicted molar refractivity (Wildman–Crippen MR) is 87.9 cm³/mol. The van der Waals surface area contributed by atoms with E-state index in [1.807, 2.05) is 17.7 Å². The third-order valence-corrected chi connectivity index (χ3v) is 5.15. The SMILES string of the molecule is Cn1nnc2c(N3C[C@H]4C[C@@H](C3)c3cccc(=O)n3C4)ncnc21. The van der Waals surface area contributed by atoms with Gasteiger partial charge in [0, 0.05) is 44.4 Å². The molecule has 8 nitrogen and oxygen atoms in total. The molecule has 0 radical (unpaired) electrons. The van der Waals surface area contributed by atoms with Crippen LogP contribution in [0.25, 0.3) is 11.2 Å². The van der Waals surface area contributed by atoms with E-state index in [-0.39, 0.29) is 5.56 Å². The van der Waals surface area contributed by atoms with Crippen molar-refractivity contribution in [3.63, 3.8) is 0 Å². The molecule has 2 bridgehead atoms. The summed E-state index contributed by atoms with van der Waals surface area (Å²) in [6.45, 7) is 2.49. The normalized spacial score (nSPS) is 22.6. The van der Waals surface area contributed by atoms with Gasteiger partial charge in [-0.3, -0.25) is 4.79 Å². The second kappa shape index (κ2) is 4.86. The summed E-state index contributed by atoms with van der Waals surface area (Å²) in [5.41, 5.74) is 2.72. The summed E-state index contributed by atoms with van der Waals surface area (Å²) >= 11 is 0. The Hall–Kier alpha value is -2.77. The van der Waals surface area contributed by atoms with Crippen LogP contribution in [-0.4, -0.2) is 42.6 Å². The highest BCUT2D eigenvalue weighted by Crippen LogP contribution is 2.37. The molecular formula is C16H17N7O. The van der Waals surface area contributed by atoms with Crippen molar-refractivity contribution in [1.82, 2.24) is 29.5 Å². The summed E-state index contributed by atoms with van der Waals surface area (Å²) in [5.74, 6) is 1.63. The van der Waals surface area contributed by atoms with Crippen molar-refractivity contribution in [2.75, 3.05) is 18.0 Å². The maximum absolute atomic E-state index is 12.1. The minimum atomic E-state index is 0.106. The molecule has 1 fully saturated rings. The Morgan fingerprint density at radius 3 is 3.00 bits per heavy atom. The van der Waals surface area contributed by atoms with Crippen molar-refractivity contribution in [3.05, 3.63) is 40.6 Å². The van der Waals surface area contributed by atoms with Gasteiger partial charge in [-0.2, -0.15) is 0 Å². The topological polar surface area (TPSA) is 81.7 Å².